The van der Waals surface area contributed by atoms with Gasteiger partial charge in [-0.25, -0.2) is 0 Å². The highest BCUT2D eigenvalue weighted by atomic mass is 16.5. The first kappa shape index (κ1) is 19.3. The summed E-state index contributed by atoms with van der Waals surface area (Å²) in [5.41, 5.74) is 0.376. The molecule has 0 bridgehead atoms. The van der Waals surface area contributed by atoms with E-state index in [4.69, 9.17) is 18.9 Å². The number of piperidine rings is 1. The Morgan fingerprint density at radius 3 is 2.20 bits per heavy atom. The molecule has 1 saturated heterocycles. The van der Waals surface area contributed by atoms with Crippen molar-refractivity contribution < 1.29 is 23.7 Å². The summed E-state index contributed by atoms with van der Waals surface area (Å²) in [6, 6.07) is 3.29. The molecular weight excluding hydrogens is 324 g/mol. The zero-order valence-corrected chi connectivity index (χ0v) is 15.4. The van der Waals surface area contributed by atoms with Crippen molar-refractivity contribution in [2.24, 2.45) is 5.41 Å². The number of ether oxygens (including phenoxy) is 4. The normalized spacial score (nSPS) is 16.2. The molecule has 1 aromatic carbocycles. The number of hydrogen-bond donors (Lipinski definition) is 2. The lowest BCUT2D eigenvalue weighted by Gasteiger charge is -2.37. The Morgan fingerprint density at radius 2 is 1.64 bits per heavy atom. The van der Waals surface area contributed by atoms with Crippen LogP contribution in [0.15, 0.2) is 12.1 Å². The van der Waals surface area contributed by atoms with Gasteiger partial charge in [0.15, 0.2) is 11.5 Å². The van der Waals surface area contributed by atoms with Gasteiger partial charge < -0.3 is 29.6 Å². The minimum absolute atomic E-state index is 0.0422. The SMILES string of the molecule is COCC1(CNC(=O)c2cc(OC)c(OC)cc2OC)CCNCC1. The summed E-state index contributed by atoms with van der Waals surface area (Å²) in [4.78, 5) is 12.7. The van der Waals surface area contributed by atoms with Crippen LogP contribution in [0.4, 0.5) is 0 Å². The fourth-order valence-corrected chi connectivity index (χ4v) is 3.21. The van der Waals surface area contributed by atoms with Crippen molar-refractivity contribution in [1.82, 2.24) is 10.6 Å². The first-order valence-electron chi connectivity index (χ1n) is 8.37. The van der Waals surface area contributed by atoms with Crippen LogP contribution in [0, 0.1) is 5.41 Å². The van der Waals surface area contributed by atoms with Crippen molar-refractivity contribution in [3.8, 4) is 17.2 Å². The maximum absolute atomic E-state index is 12.7. The molecule has 25 heavy (non-hydrogen) atoms. The van der Waals surface area contributed by atoms with Crippen LogP contribution in [-0.2, 0) is 4.74 Å². The molecule has 1 fully saturated rings. The van der Waals surface area contributed by atoms with Gasteiger partial charge in [-0.2, -0.15) is 0 Å². The van der Waals surface area contributed by atoms with E-state index in [0.29, 0.717) is 36.0 Å². The van der Waals surface area contributed by atoms with Gasteiger partial charge in [0.25, 0.3) is 5.91 Å². The van der Waals surface area contributed by atoms with Crippen molar-refractivity contribution in [2.75, 3.05) is 54.7 Å². The number of nitrogens with one attached hydrogen (secondary N) is 2. The highest BCUT2D eigenvalue weighted by molar-refractivity contribution is 5.97. The number of amides is 1. The van der Waals surface area contributed by atoms with Crippen molar-refractivity contribution in [2.45, 2.75) is 12.8 Å². The molecule has 140 valence electrons. The van der Waals surface area contributed by atoms with Gasteiger partial charge in [0.1, 0.15) is 5.75 Å². The summed E-state index contributed by atoms with van der Waals surface area (Å²) in [5.74, 6) is 1.25. The van der Waals surface area contributed by atoms with E-state index < -0.39 is 0 Å². The highest BCUT2D eigenvalue weighted by Gasteiger charge is 2.33. The highest BCUT2D eigenvalue weighted by Crippen LogP contribution is 2.35. The molecule has 7 nitrogen and oxygen atoms in total. The number of rotatable bonds is 8. The predicted molar refractivity (Wildman–Crippen MR) is 94.8 cm³/mol. The van der Waals surface area contributed by atoms with E-state index in [0.717, 1.165) is 25.9 Å². The molecule has 1 aromatic rings. The first-order valence-corrected chi connectivity index (χ1v) is 8.37. The van der Waals surface area contributed by atoms with E-state index in [1.165, 1.54) is 14.2 Å². The lowest BCUT2D eigenvalue weighted by molar-refractivity contribution is 0.0511. The molecule has 0 aromatic heterocycles. The van der Waals surface area contributed by atoms with Gasteiger partial charge >= 0.3 is 0 Å². The fraction of sp³-hybridized carbons (Fsp3) is 0.611. The van der Waals surface area contributed by atoms with Crippen molar-refractivity contribution in [3.63, 3.8) is 0 Å². The van der Waals surface area contributed by atoms with Crippen LogP contribution in [0.5, 0.6) is 17.2 Å². The Labute approximate surface area is 149 Å². The minimum atomic E-state index is -0.202. The van der Waals surface area contributed by atoms with Crippen molar-refractivity contribution >= 4 is 5.91 Å². The third-order valence-electron chi connectivity index (χ3n) is 4.69. The minimum Gasteiger partial charge on any atom is -0.496 e. The second kappa shape index (κ2) is 8.92. The average molecular weight is 352 g/mol. The summed E-state index contributed by atoms with van der Waals surface area (Å²) in [5, 5.41) is 6.38. The summed E-state index contributed by atoms with van der Waals surface area (Å²) < 4.78 is 21.3. The van der Waals surface area contributed by atoms with E-state index >= 15 is 0 Å². The second-order valence-electron chi connectivity index (χ2n) is 6.27. The molecule has 1 amide bonds. The number of benzene rings is 1. The van der Waals surface area contributed by atoms with Gasteiger partial charge in [0.05, 0.1) is 33.5 Å². The van der Waals surface area contributed by atoms with Crippen molar-refractivity contribution in [3.05, 3.63) is 17.7 Å². The zero-order chi connectivity index (χ0) is 18.3. The van der Waals surface area contributed by atoms with E-state index in [9.17, 15) is 4.79 Å². The maximum atomic E-state index is 12.7. The molecule has 2 rings (SSSR count). The van der Waals surface area contributed by atoms with Gasteiger partial charge in [-0.05, 0) is 25.9 Å². The fourth-order valence-electron chi connectivity index (χ4n) is 3.21. The number of hydrogen-bond acceptors (Lipinski definition) is 6. The number of methoxy groups -OCH3 is 4. The van der Waals surface area contributed by atoms with Crippen molar-refractivity contribution in [1.29, 1.82) is 0 Å². The third kappa shape index (κ3) is 4.55. The number of carbonyl (C=O) groups is 1. The van der Waals surface area contributed by atoms with E-state index in [1.807, 2.05) is 0 Å². The summed E-state index contributed by atoms with van der Waals surface area (Å²) in [6.07, 6.45) is 1.92. The van der Waals surface area contributed by atoms with Gasteiger partial charge in [0.2, 0.25) is 0 Å². The molecule has 7 heteroatoms. The molecule has 1 aliphatic heterocycles. The zero-order valence-electron chi connectivity index (χ0n) is 15.4. The van der Waals surface area contributed by atoms with Crippen LogP contribution >= 0.6 is 0 Å². The molecular formula is C18H28N2O5. The Balaban J connectivity index is 2.16. The van der Waals surface area contributed by atoms with Crippen LogP contribution < -0.4 is 24.8 Å². The summed E-state index contributed by atoms with van der Waals surface area (Å²) in [7, 11) is 6.30. The molecule has 0 saturated carbocycles. The maximum Gasteiger partial charge on any atom is 0.255 e. The molecule has 0 atom stereocenters. The standard InChI is InChI=1S/C18H28N2O5/c1-22-12-18(5-7-19-8-6-18)11-20-17(21)13-9-15(24-3)16(25-4)10-14(13)23-2/h9-10,19H,5-8,11-12H2,1-4H3,(H,20,21). The number of carbonyl (C=O) groups excluding carboxylic acids is 1. The smallest absolute Gasteiger partial charge is 0.255 e. The van der Waals surface area contributed by atoms with Crippen LogP contribution in [0.25, 0.3) is 0 Å². The quantitative estimate of drug-likeness (QED) is 0.738. The van der Waals surface area contributed by atoms with Crippen LogP contribution in [0.1, 0.15) is 23.2 Å². The Bertz CT molecular complexity index is 580. The average Bonchev–Trinajstić information content (AvgIpc) is 2.66. The van der Waals surface area contributed by atoms with Crippen LogP contribution in [-0.4, -0.2) is 60.6 Å². The van der Waals surface area contributed by atoms with Gasteiger partial charge in [-0.1, -0.05) is 0 Å². The van der Waals surface area contributed by atoms with Crippen LogP contribution in [0.2, 0.25) is 0 Å². The first-order chi connectivity index (χ1) is 12.1. The van der Waals surface area contributed by atoms with E-state index in [1.54, 1.807) is 26.4 Å². The Hall–Kier alpha value is -1.99. The molecule has 1 heterocycles. The molecule has 0 unspecified atom stereocenters. The molecule has 1 aliphatic rings. The van der Waals surface area contributed by atoms with E-state index in [2.05, 4.69) is 10.6 Å². The molecule has 2 N–H and O–H groups in total. The lowest BCUT2D eigenvalue weighted by atomic mass is 9.79. The molecule has 0 radical (unpaired) electrons. The summed E-state index contributed by atoms with van der Waals surface area (Å²) in [6.45, 7) is 3.04. The topological polar surface area (TPSA) is 78.1 Å². The monoisotopic (exact) mass is 352 g/mol. The lowest BCUT2D eigenvalue weighted by Crippen LogP contribution is -2.47. The van der Waals surface area contributed by atoms with Crippen LogP contribution in [0.3, 0.4) is 0 Å². The predicted octanol–water partition coefficient (Wildman–Crippen LogP) is 1.46. The molecule has 0 aliphatic carbocycles. The Morgan fingerprint density at radius 1 is 1.04 bits per heavy atom. The van der Waals surface area contributed by atoms with E-state index in [-0.39, 0.29) is 11.3 Å². The summed E-state index contributed by atoms with van der Waals surface area (Å²) >= 11 is 0. The third-order valence-corrected chi connectivity index (χ3v) is 4.69. The largest absolute Gasteiger partial charge is 0.496 e. The molecule has 0 spiro atoms. The Kier molecular flexibility index (Phi) is 6.90. The van der Waals surface area contributed by atoms with Gasteiger partial charge in [-0.3, -0.25) is 4.79 Å². The second-order valence-corrected chi connectivity index (χ2v) is 6.27. The van der Waals surface area contributed by atoms with Gasteiger partial charge in [0, 0.05) is 31.2 Å². The van der Waals surface area contributed by atoms with Gasteiger partial charge in [-0.15, -0.1) is 0 Å².